The Bertz CT molecular complexity index is 749. The van der Waals surface area contributed by atoms with Crippen molar-refractivity contribution >= 4 is 38.9 Å². The van der Waals surface area contributed by atoms with Crippen molar-refractivity contribution < 1.29 is 4.42 Å². The van der Waals surface area contributed by atoms with Crippen molar-refractivity contribution in [3.63, 3.8) is 0 Å². The molecule has 1 aromatic carbocycles. The number of hydrogen-bond donors (Lipinski definition) is 0. The van der Waals surface area contributed by atoms with Gasteiger partial charge in [-0.05, 0) is 30.5 Å². The second-order valence-corrected chi connectivity index (χ2v) is 7.07. The van der Waals surface area contributed by atoms with Crippen LogP contribution in [0.15, 0.2) is 32.4 Å². The van der Waals surface area contributed by atoms with Crippen LogP contribution in [-0.4, -0.2) is 16.7 Å². The van der Waals surface area contributed by atoms with E-state index in [0.29, 0.717) is 5.58 Å². The molecule has 0 amide bonds. The van der Waals surface area contributed by atoms with E-state index >= 15 is 0 Å². The van der Waals surface area contributed by atoms with Crippen LogP contribution in [0.4, 0.5) is 0 Å². The van der Waals surface area contributed by atoms with Gasteiger partial charge in [0.1, 0.15) is 9.96 Å². The molecule has 20 heavy (non-hydrogen) atoms. The van der Waals surface area contributed by atoms with Crippen LogP contribution >= 0.6 is 23.5 Å². The summed E-state index contributed by atoms with van der Waals surface area (Å²) in [6.45, 7) is 4.93. The monoisotopic (exact) mass is 305 g/mol. The van der Waals surface area contributed by atoms with Gasteiger partial charge < -0.3 is 4.42 Å². The highest BCUT2D eigenvalue weighted by Crippen LogP contribution is 2.29. The minimum Gasteiger partial charge on any atom is -0.422 e. The second kappa shape index (κ2) is 5.66. The van der Waals surface area contributed by atoms with Crippen molar-refractivity contribution in [2.75, 3.05) is 12.3 Å². The Kier molecular flexibility index (Phi) is 3.89. The summed E-state index contributed by atoms with van der Waals surface area (Å²) in [5, 5.41) is 1.03. The zero-order chi connectivity index (χ0) is 14.1. The molecule has 0 spiro atoms. The third-order valence-corrected chi connectivity index (χ3v) is 5.73. The van der Waals surface area contributed by atoms with E-state index in [1.54, 1.807) is 29.6 Å². The lowest BCUT2D eigenvalue weighted by molar-refractivity contribution is 0.557. The number of fused-ring (bicyclic) bond motifs is 1. The van der Waals surface area contributed by atoms with E-state index in [2.05, 4.69) is 11.1 Å². The first-order chi connectivity index (χ1) is 9.65. The molecule has 0 aliphatic carbocycles. The van der Waals surface area contributed by atoms with Crippen LogP contribution in [0.1, 0.15) is 16.7 Å². The zero-order valence-electron chi connectivity index (χ0n) is 11.4. The Balaban J connectivity index is 2.01. The van der Waals surface area contributed by atoms with Crippen molar-refractivity contribution in [3.05, 3.63) is 45.3 Å². The van der Waals surface area contributed by atoms with E-state index in [0.717, 1.165) is 44.5 Å². The fourth-order valence-electron chi connectivity index (χ4n) is 2.19. The number of aliphatic imine (C=N–C) groups is 1. The summed E-state index contributed by atoms with van der Waals surface area (Å²) in [6.07, 6.45) is 0. The summed E-state index contributed by atoms with van der Waals surface area (Å²) < 4.78 is 6.51. The topological polar surface area (TPSA) is 42.6 Å². The van der Waals surface area contributed by atoms with E-state index < -0.39 is 0 Å². The summed E-state index contributed by atoms with van der Waals surface area (Å²) in [7, 11) is 0. The molecular formula is C15H15NO2S2. The summed E-state index contributed by atoms with van der Waals surface area (Å²) >= 11 is 3.49. The van der Waals surface area contributed by atoms with Crippen molar-refractivity contribution in [1.82, 2.24) is 0 Å². The molecule has 104 valence electrons. The lowest BCUT2D eigenvalue weighted by atomic mass is 10.0. The third kappa shape index (κ3) is 2.65. The second-order valence-electron chi connectivity index (χ2n) is 4.76. The van der Waals surface area contributed by atoms with Gasteiger partial charge in [0, 0.05) is 23.0 Å². The summed E-state index contributed by atoms with van der Waals surface area (Å²) in [5.41, 5.74) is 3.65. The maximum Gasteiger partial charge on any atom is 0.336 e. The molecular weight excluding hydrogens is 290 g/mol. The molecule has 1 aliphatic rings. The average molecular weight is 305 g/mol. The zero-order valence-corrected chi connectivity index (χ0v) is 13.1. The van der Waals surface area contributed by atoms with Crippen LogP contribution in [0.2, 0.25) is 0 Å². The maximum atomic E-state index is 11.8. The van der Waals surface area contributed by atoms with E-state index in [4.69, 9.17) is 4.42 Å². The molecule has 3 rings (SSSR count). The number of benzene rings is 1. The van der Waals surface area contributed by atoms with Crippen LogP contribution in [0.25, 0.3) is 11.0 Å². The average Bonchev–Trinajstić information content (AvgIpc) is 2.94. The van der Waals surface area contributed by atoms with Crippen LogP contribution in [0, 0.1) is 13.8 Å². The Labute approximate surface area is 125 Å². The summed E-state index contributed by atoms with van der Waals surface area (Å²) in [6, 6.07) is 5.72. The van der Waals surface area contributed by atoms with Crippen molar-refractivity contribution in [1.29, 1.82) is 0 Å². The highest BCUT2D eigenvalue weighted by molar-refractivity contribution is 8.38. The molecule has 0 radical (unpaired) electrons. The number of thioether (sulfide) groups is 2. The molecule has 0 saturated heterocycles. The van der Waals surface area contributed by atoms with Gasteiger partial charge in [0.15, 0.2) is 0 Å². The van der Waals surface area contributed by atoms with Gasteiger partial charge in [-0.15, -0.1) is 0 Å². The van der Waals surface area contributed by atoms with Gasteiger partial charge in [-0.3, -0.25) is 4.99 Å². The summed E-state index contributed by atoms with van der Waals surface area (Å²) in [5.74, 6) is 1.83. The van der Waals surface area contributed by atoms with Gasteiger partial charge in [0.25, 0.3) is 0 Å². The Morgan fingerprint density at radius 1 is 1.40 bits per heavy atom. The Morgan fingerprint density at radius 3 is 3.00 bits per heavy atom. The molecule has 0 bridgehead atoms. The van der Waals surface area contributed by atoms with Crippen LogP contribution in [0.3, 0.4) is 0 Å². The molecule has 2 heterocycles. The minimum absolute atomic E-state index is 0.275. The Morgan fingerprint density at radius 2 is 2.25 bits per heavy atom. The van der Waals surface area contributed by atoms with Crippen molar-refractivity contribution in [2.24, 2.45) is 4.99 Å². The molecule has 5 heteroatoms. The molecule has 0 atom stereocenters. The summed E-state index contributed by atoms with van der Waals surface area (Å²) in [4.78, 5) is 16.2. The quantitative estimate of drug-likeness (QED) is 0.793. The SMILES string of the molecule is Cc1ccc2c(CSC3=NCCS3)cc(=O)oc2c1C. The maximum absolute atomic E-state index is 11.8. The minimum atomic E-state index is -0.275. The molecule has 0 saturated carbocycles. The predicted molar refractivity (Wildman–Crippen MR) is 88.0 cm³/mol. The van der Waals surface area contributed by atoms with Gasteiger partial charge in [-0.2, -0.15) is 0 Å². The lowest BCUT2D eigenvalue weighted by Gasteiger charge is -2.08. The van der Waals surface area contributed by atoms with E-state index in [-0.39, 0.29) is 5.63 Å². The van der Waals surface area contributed by atoms with E-state index in [1.165, 1.54) is 0 Å². The van der Waals surface area contributed by atoms with E-state index in [1.807, 2.05) is 19.9 Å². The smallest absolute Gasteiger partial charge is 0.336 e. The first-order valence-corrected chi connectivity index (χ1v) is 8.45. The highest BCUT2D eigenvalue weighted by Gasteiger charge is 2.12. The Hall–Kier alpha value is -1.20. The van der Waals surface area contributed by atoms with Gasteiger partial charge in [0.2, 0.25) is 0 Å². The molecule has 0 unspecified atom stereocenters. The first-order valence-electron chi connectivity index (χ1n) is 6.48. The fourth-order valence-corrected chi connectivity index (χ4v) is 4.19. The van der Waals surface area contributed by atoms with Gasteiger partial charge in [0.05, 0.1) is 6.54 Å². The normalized spacial score (nSPS) is 14.8. The fraction of sp³-hybridized carbons (Fsp3) is 0.333. The van der Waals surface area contributed by atoms with Gasteiger partial charge in [-0.1, -0.05) is 35.7 Å². The molecule has 1 aliphatic heterocycles. The predicted octanol–water partition coefficient (Wildman–Crippen LogP) is 3.75. The third-order valence-electron chi connectivity index (χ3n) is 3.43. The number of rotatable bonds is 2. The van der Waals surface area contributed by atoms with Crippen molar-refractivity contribution in [2.45, 2.75) is 19.6 Å². The molecule has 0 fully saturated rings. The highest BCUT2D eigenvalue weighted by atomic mass is 32.2. The first kappa shape index (κ1) is 13.8. The molecule has 2 aromatic rings. The number of hydrogen-bond acceptors (Lipinski definition) is 5. The van der Waals surface area contributed by atoms with Crippen molar-refractivity contribution in [3.8, 4) is 0 Å². The number of aryl methyl sites for hydroxylation is 2. The standard InChI is InChI=1S/C15H15NO2S2/c1-9-3-4-12-11(8-20-15-16-5-6-19-15)7-13(17)18-14(12)10(9)2/h3-4,7H,5-6,8H2,1-2H3. The lowest BCUT2D eigenvalue weighted by Crippen LogP contribution is -2.02. The van der Waals surface area contributed by atoms with E-state index in [9.17, 15) is 4.79 Å². The molecule has 3 nitrogen and oxygen atoms in total. The van der Waals surface area contributed by atoms with Crippen LogP contribution in [-0.2, 0) is 5.75 Å². The molecule has 0 N–H and O–H groups in total. The van der Waals surface area contributed by atoms with Crippen LogP contribution < -0.4 is 5.63 Å². The van der Waals surface area contributed by atoms with Gasteiger partial charge in [-0.25, -0.2) is 4.79 Å². The van der Waals surface area contributed by atoms with Gasteiger partial charge >= 0.3 is 5.63 Å². The number of nitrogens with zero attached hydrogens (tertiary/aromatic N) is 1. The molecule has 1 aromatic heterocycles. The van der Waals surface area contributed by atoms with Crippen LogP contribution in [0.5, 0.6) is 0 Å². The largest absolute Gasteiger partial charge is 0.422 e.